The minimum atomic E-state index is 0.538. The predicted molar refractivity (Wildman–Crippen MR) is 62.0 cm³/mol. The predicted octanol–water partition coefficient (Wildman–Crippen LogP) is 3.70. The van der Waals surface area contributed by atoms with Crippen molar-refractivity contribution < 1.29 is 0 Å². The zero-order valence-electron chi connectivity index (χ0n) is 7.00. The first-order valence-electron chi connectivity index (χ1n) is 3.83. The maximum Gasteiger partial charge on any atom is 0.180 e. The Balaban J connectivity index is 2.51. The topological polar surface area (TPSA) is 38.9 Å². The summed E-state index contributed by atoms with van der Waals surface area (Å²) >= 11 is 13.2. The van der Waals surface area contributed by atoms with Crippen LogP contribution >= 0.6 is 34.5 Å². The van der Waals surface area contributed by atoms with Crippen molar-refractivity contribution >= 4 is 39.7 Å². The molecule has 0 saturated heterocycles. The molecule has 5 heteroatoms. The van der Waals surface area contributed by atoms with E-state index in [1.165, 1.54) is 11.3 Å². The Labute approximate surface area is 95.3 Å². The van der Waals surface area contributed by atoms with Crippen LogP contribution in [0.3, 0.4) is 0 Å². The molecule has 0 unspecified atom stereocenters. The number of nitrogens with two attached hydrogens (primary N) is 1. The van der Waals surface area contributed by atoms with Crippen molar-refractivity contribution in [2.24, 2.45) is 0 Å². The Kier molecular flexibility index (Phi) is 2.63. The van der Waals surface area contributed by atoms with E-state index >= 15 is 0 Å². The lowest BCUT2D eigenvalue weighted by Crippen LogP contribution is -1.77. The van der Waals surface area contributed by atoms with Gasteiger partial charge in [0.2, 0.25) is 0 Å². The molecule has 0 atom stereocenters. The van der Waals surface area contributed by atoms with Gasteiger partial charge in [0.05, 0.1) is 4.88 Å². The van der Waals surface area contributed by atoms with E-state index in [1.54, 1.807) is 12.3 Å². The van der Waals surface area contributed by atoms with Crippen molar-refractivity contribution in [3.8, 4) is 10.4 Å². The first kappa shape index (κ1) is 9.77. The molecule has 0 radical (unpaired) electrons. The molecule has 1 aromatic carbocycles. The van der Waals surface area contributed by atoms with Gasteiger partial charge in [0, 0.05) is 16.2 Å². The van der Waals surface area contributed by atoms with Gasteiger partial charge < -0.3 is 5.73 Å². The summed E-state index contributed by atoms with van der Waals surface area (Å²) in [5.41, 5.74) is 6.47. The SMILES string of the molecule is Nc1ncc(-c2cc(Cl)cc(Cl)c2)s1. The lowest BCUT2D eigenvalue weighted by molar-refractivity contribution is 1.42. The van der Waals surface area contributed by atoms with Crippen LogP contribution in [0.5, 0.6) is 0 Å². The maximum absolute atomic E-state index is 5.88. The number of hydrogen-bond donors (Lipinski definition) is 1. The average Bonchev–Trinajstić information content (AvgIpc) is 2.50. The lowest BCUT2D eigenvalue weighted by atomic mass is 10.2. The van der Waals surface area contributed by atoms with Gasteiger partial charge >= 0.3 is 0 Å². The second-order valence-electron chi connectivity index (χ2n) is 2.72. The Hall–Kier alpha value is -0.770. The third-order valence-corrected chi connectivity index (χ3v) is 2.98. The van der Waals surface area contributed by atoms with Crippen LogP contribution in [0.25, 0.3) is 10.4 Å². The highest BCUT2D eigenvalue weighted by molar-refractivity contribution is 7.18. The molecule has 0 fully saturated rings. The zero-order chi connectivity index (χ0) is 10.1. The molecule has 1 aromatic heterocycles. The van der Waals surface area contributed by atoms with Crippen molar-refractivity contribution in [2.45, 2.75) is 0 Å². The van der Waals surface area contributed by atoms with Crippen LogP contribution in [0, 0.1) is 0 Å². The fourth-order valence-corrected chi connectivity index (χ4v) is 2.32. The highest BCUT2D eigenvalue weighted by atomic mass is 35.5. The maximum atomic E-state index is 5.88. The molecule has 0 aliphatic carbocycles. The summed E-state index contributed by atoms with van der Waals surface area (Å²) in [6.07, 6.45) is 1.71. The molecule has 0 amide bonds. The van der Waals surface area contributed by atoms with Gasteiger partial charge in [-0.2, -0.15) is 0 Å². The number of nitrogens with zero attached hydrogens (tertiary/aromatic N) is 1. The number of hydrogen-bond acceptors (Lipinski definition) is 3. The number of halogens is 2. The normalized spacial score (nSPS) is 10.4. The number of anilines is 1. The summed E-state index contributed by atoms with van der Waals surface area (Å²) < 4.78 is 0. The fourth-order valence-electron chi connectivity index (χ4n) is 1.12. The molecule has 72 valence electrons. The van der Waals surface area contributed by atoms with Gasteiger partial charge in [-0.15, -0.1) is 0 Å². The summed E-state index contributed by atoms with van der Waals surface area (Å²) in [7, 11) is 0. The Morgan fingerprint density at radius 1 is 1.14 bits per heavy atom. The van der Waals surface area contributed by atoms with Gasteiger partial charge in [0.25, 0.3) is 0 Å². The molecule has 0 bridgehead atoms. The van der Waals surface area contributed by atoms with E-state index in [1.807, 2.05) is 12.1 Å². The number of benzene rings is 1. The van der Waals surface area contributed by atoms with E-state index < -0.39 is 0 Å². The van der Waals surface area contributed by atoms with Crippen LogP contribution < -0.4 is 5.73 Å². The molecule has 0 aliphatic heterocycles. The lowest BCUT2D eigenvalue weighted by Gasteiger charge is -1.98. The van der Waals surface area contributed by atoms with Crippen LogP contribution in [-0.2, 0) is 0 Å². The first-order chi connectivity index (χ1) is 6.65. The van der Waals surface area contributed by atoms with Crippen LogP contribution in [0.4, 0.5) is 5.13 Å². The van der Waals surface area contributed by atoms with Crippen LogP contribution in [0.1, 0.15) is 0 Å². The largest absolute Gasteiger partial charge is 0.375 e. The molecule has 0 aliphatic rings. The van der Waals surface area contributed by atoms with Crippen molar-refractivity contribution in [1.82, 2.24) is 4.98 Å². The first-order valence-corrected chi connectivity index (χ1v) is 5.40. The van der Waals surface area contributed by atoms with Crippen molar-refractivity contribution in [3.05, 3.63) is 34.4 Å². The monoisotopic (exact) mass is 244 g/mol. The number of rotatable bonds is 1. The van der Waals surface area contributed by atoms with Gasteiger partial charge in [-0.1, -0.05) is 34.5 Å². The van der Waals surface area contributed by atoms with E-state index in [2.05, 4.69) is 4.98 Å². The Morgan fingerprint density at radius 3 is 2.29 bits per heavy atom. The number of thiazole rings is 1. The minimum absolute atomic E-state index is 0.538. The van der Waals surface area contributed by atoms with Gasteiger partial charge in [-0.05, 0) is 23.8 Å². The molecule has 0 saturated carbocycles. The smallest absolute Gasteiger partial charge is 0.180 e. The zero-order valence-corrected chi connectivity index (χ0v) is 9.33. The van der Waals surface area contributed by atoms with E-state index in [-0.39, 0.29) is 0 Å². The quantitative estimate of drug-likeness (QED) is 0.831. The average molecular weight is 245 g/mol. The number of nitrogen functional groups attached to an aromatic ring is 1. The fraction of sp³-hybridized carbons (Fsp3) is 0. The van der Waals surface area contributed by atoms with Crippen LogP contribution in [0.2, 0.25) is 10.0 Å². The molecule has 2 rings (SSSR count). The van der Waals surface area contributed by atoms with Gasteiger partial charge in [-0.25, -0.2) is 4.98 Å². The van der Waals surface area contributed by atoms with Gasteiger partial charge in [0.15, 0.2) is 5.13 Å². The molecule has 2 nitrogen and oxygen atoms in total. The van der Waals surface area contributed by atoms with Crippen molar-refractivity contribution in [1.29, 1.82) is 0 Å². The molecule has 14 heavy (non-hydrogen) atoms. The highest BCUT2D eigenvalue weighted by Crippen LogP contribution is 2.31. The molecule has 1 heterocycles. The van der Waals surface area contributed by atoms with E-state index in [0.29, 0.717) is 15.2 Å². The van der Waals surface area contributed by atoms with Crippen LogP contribution in [0.15, 0.2) is 24.4 Å². The van der Waals surface area contributed by atoms with E-state index in [9.17, 15) is 0 Å². The Bertz CT molecular complexity index is 447. The second-order valence-corrected chi connectivity index (χ2v) is 4.66. The molecular formula is C9H6Cl2N2S. The second kappa shape index (κ2) is 3.77. The summed E-state index contributed by atoms with van der Waals surface area (Å²) in [6, 6.07) is 5.36. The molecule has 2 N–H and O–H groups in total. The molecular weight excluding hydrogens is 239 g/mol. The van der Waals surface area contributed by atoms with Crippen molar-refractivity contribution in [3.63, 3.8) is 0 Å². The van der Waals surface area contributed by atoms with Crippen molar-refractivity contribution in [2.75, 3.05) is 5.73 Å². The van der Waals surface area contributed by atoms with E-state index in [0.717, 1.165) is 10.4 Å². The summed E-state index contributed by atoms with van der Waals surface area (Å²) in [4.78, 5) is 4.93. The Morgan fingerprint density at radius 2 is 1.79 bits per heavy atom. The van der Waals surface area contributed by atoms with E-state index in [4.69, 9.17) is 28.9 Å². The molecule has 2 aromatic rings. The minimum Gasteiger partial charge on any atom is -0.375 e. The number of aromatic nitrogens is 1. The summed E-state index contributed by atoms with van der Waals surface area (Å²) in [5, 5.41) is 1.76. The third-order valence-electron chi connectivity index (χ3n) is 1.67. The third kappa shape index (κ3) is 2.00. The van der Waals surface area contributed by atoms with Gasteiger partial charge in [0.1, 0.15) is 0 Å². The summed E-state index contributed by atoms with van der Waals surface area (Å²) in [5.74, 6) is 0. The summed E-state index contributed by atoms with van der Waals surface area (Å²) in [6.45, 7) is 0. The van der Waals surface area contributed by atoms with Crippen LogP contribution in [-0.4, -0.2) is 4.98 Å². The van der Waals surface area contributed by atoms with Gasteiger partial charge in [-0.3, -0.25) is 0 Å². The standard InChI is InChI=1S/C9H6Cl2N2S/c10-6-1-5(2-7(11)3-6)8-4-13-9(12)14-8/h1-4H,(H2,12,13). The molecule has 0 spiro atoms. The highest BCUT2D eigenvalue weighted by Gasteiger charge is 2.04.